The van der Waals surface area contributed by atoms with Crippen molar-refractivity contribution in [1.82, 2.24) is 9.80 Å². The number of hydrogen-bond acceptors (Lipinski definition) is 6. The number of likely N-dealkylation sites (N-methyl/N-ethyl adjacent to an activating group) is 1. The summed E-state index contributed by atoms with van der Waals surface area (Å²) >= 11 is 0. The van der Waals surface area contributed by atoms with Gasteiger partial charge in [-0.3, -0.25) is 9.59 Å². The lowest BCUT2D eigenvalue weighted by atomic mass is 9.94. The zero-order valence-corrected chi connectivity index (χ0v) is 20.9. The number of hydrogen-bond donors (Lipinski definition) is 1. The van der Waals surface area contributed by atoms with Crippen molar-refractivity contribution in [3.05, 3.63) is 64.7 Å². The summed E-state index contributed by atoms with van der Waals surface area (Å²) in [6, 6.07) is 12.1. The molecule has 35 heavy (non-hydrogen) atoms. The maximum atomic E-state index is 13.3. The van der Waals surface area contributed by atoms with E-state index in [1.54, 1.807) is 11.0 Å². The van der Waals surface area contributed by atoms with E-state index in [-0.39, 0.29) is 17.4 Å². The van der Waals surface area contributed by atoms with E-state index < -0.39 is 17.7 Å². The largest absolute Gasteiger partial charge is 0.507 e. The summed E-state index contributed by atoms with van der Waals surface area (Å²) in [6.45, 7) is 11.2. The van der Waals surface area contributed by atoms with Crippen LogP contribution < -0.4 is 9.47 Å². The van der Waals surface area contributed by atoms with Crippen LogP contribution in [0.1, 0.15) is 50.4 Å². The third-order valence-corrected chi connectivity index (χ3v) is 6.75. The number of Topliss-reactive ketones (excluding diaryl/α,β-unsaturated/α-hetero) is 1. The van der Waals surface area contributed by atoms with Gasteiger partial charge in [0, 0.05) is 25.1 Å². The molecule has 1 fully saturated rings. The summed E-state index contributed by atoms with van der Waals surface area (Å²) in [5.74, 6) is 0.0168. The molecule has 0 aliphatic carbocycles. The Hall–Kier alpha value is -3.32. The Balaban J connectivity index is 1.79. The van der Waals surface area contributed by atoms with Gasteiger partial charge in [-0.05, 0) is 68.4 Å². The number of benzene rings is 2. The van der Waals surface area contributed by atoms with Crippen molar-refractivity contribution in [3.8, 4) is 11.5 Å². The average molecular weight is 479 g/mol. The summed E-state index contributed by atoms with van der Waals surface area (Å²) in [6.07, 6.45) is 0.795. The second-order valence-electron chi connectivity index (χ2n) is 8.98. The van der Waals surface area contributed by atoms with Crippen LogP contribution in [-0.2, 0) is 16.0 Å². The van der Waals surface area contributed by atoms with Gasteiger partial charge in [0.2, 0.25) is 0 Å². The summed E-state index contributed by atoms with van der Waals surface area (Å²) in [4.78, 5) is 30.3. The number of ketones is 1. The predicted octanol–water partition coefficient (Wildman–Crippen LogP) is 4.17. The lowest BCUT2D eigenvalue weighted by Gasteiger charge is -2.28. The maximum absolute atomic E-state index is 13.3. The number of carbonyl (C=O) groups is 2. The summed E-state index contributed by atoms with van der Waals surface area (Å²) in [7, 11) is 0. The minimum absolute atomic E-state index is 0.0642. The Morgan fingerprint density at radius 1 is 1.14 bits per heavy atom. The van der Waals surface area contributed by atoms with E-state index in [1.165, 1.54) is 0 Å². The molecular formula is C28H34N2O5. The molecule has 0 bridgehead atoms. The first-order valence-corrected chi connectivity index (χ1v) is 12.4. The minimum atomic E-state index is -0.700. The monoisotopic (exact) mass is 478 g/mol. The Morgan fingerprint density at radius 2 is 1.91 bits per heavy atom. The van der Waals surface area contributed by atoms with E-state index in [1.807, 2.05) is 50.2 Å². The van der Waals surface area contributed by atoms with Gasteiger partial charge in [-0.15, -0.1) is 0 Å². The number of carbonyl (C=O) groups excluding carboxylic acids is 2. The van der Waals surface area contributed by atoms with Gasteiger partial charge < -0.3 is 24.4 Å². The summed E-state index contributed by atoms with van der Waals surface area (Å²) in [5, 5.41) is 11.4. The third-order valence-electron chi connectivity index (χ3n) is 6.75. The zero-order chi connectivity index (χ0) is 25.1. The van der Waals surface area contributed by atoms with Gasteiger partial charge in [-0.2, -0.15) is 0 Å². The number of likely N-dealkylation sites (tertiary alicyclic amines) is 1. The molecule has 2 aliphatic rings. The average Bonchev–Trinajstić information content (AvgIpc) is 3.35. The molecule has 2 aliphatic heterocycles. The van der Waals surface area contributed by atoms with Crippen LogP contribution in [0.3, 0.4) is 0 Å². The highest BCUT2D eigenvalue weighted by Crippen LogP contribution is 2.41. The molecule has 7 nitrogen and oxygen atoms in total. The number of aliphatic hydroxyl groups is 1. The summed E-state index contributed by atoms with van der Waals surface area (Å²) in [5.41, 5.74) is 2.32. The molecule has 0 saturated carbocycles. The minimum Gasteiger partial charge on any atom is -0.507 e. The van der Waals surface area contributed by atoms with Crippen molar-refractivity contribution in [1.29, 1.82) is 0 Å². The molecule has 0 aromatic heterocycles. The van der Waals surface area contributed by atoms with Crippen LogP contribution in [-0.4, -0.2) is 65.5 Å². The maximum Gasteiger partial charge on any atom is 0.295 e. The molecule has 2 heterocycles. The molecule has 2 atom stereocenters. The molecular weight excluding hydrogens is 444 g/mol. The second-order valence-corrected chi connectivity index (χ2v) is 8.98. The first kappa shape index (κ1) is 24.8. The first-order chi connectivity index (χ1) is 16.9. The van der Waals surface area contributed by atoms with Gasteiger partial charge in [-0.25, -0.2) is 0 Å². The molecule has 1 saturated heterocycles. The molecule has 1 N–H and O–H groups in total. The fourth-order valence-corrected chi connectivity index (χ4v) is 4.91. The molecule has 4 rings (SSSR count). The van der Waals surface area contributed by atoms with Crippen LogP contribution >= 0.6 is 0 Å². The van der Waals surface area contributed by atoms with E-state index in [0.717, 1.165) is 36.4 Å². The second kappa shape index (κ2) is 10.5. The highest BCUT2D eigenvalue weighted by molar-refractivity contribution is 6.46. The fraction of sp³-hybridized carbons (Fsp3) is 0.429. The molecule has 0 unspecified atom stereocenters. The normalized spacial score (nSPS) is 20.9. The Morgan fingerprint density at radius 3 is 2.63 bits per heavy atom. The van der Waals surface area contributed by atoms with Crippen molar-refractivity contribution >= 4 is 17.4 Å². The van der Waals surface area contributed by atoms with Crippen LogP contribution in [0.4, 0.5) is 0 Å². The SMILES string of the molecule is CCOc1cccc([C@H]2C(=C(O)c3ccc4c(c3)C[C@H](C)O4)C(=O)C(=O)N2CCN(CC)CC)c1. The van der Waals surface area contributed by atoms with Crippen molar-refractivity contribution in [3.63, 3.8) is 0 Å². The first-order valence-electron chi connectivity index (χ1n) is 12.4. The van der Waals surface area contributed by atoms with Gasteiger partial charge >= 0.3 is 0 Å². The van der Waals surface area contributed by atoms with Crippen LogP contribution in [0.15, 0.2) is 48.0 Å². The standard InChI is InChI=1S/C28H34N2O5/c1-5-29(6-2)13-14-30-25(19-9-8-10-22(17-19)34-7-3)24(27(32)28(30)33)26(31)20-11-12-23-21(16-20)15-18(4)35-23/h8-12,16-18,25,31H,5-7,13-15H2,1-4H3/t18-,25-/m0/s1. The van der Waals surface area contributed by atoms with E-state index in [4.69, 9.17) is 9.47 Å². The molecule has 0 spiro atoms. The van der Waals surface area contributed by atoms with Gasteiger partial charge in [0.15, 0.2) is 0 Å². The van der Waals surface area contributed by atoms with Crippen molar-refractivity contribution in [2.75, 3.05) is 32.8 Å². The molecule has 186 valence electrons. The highest BCUT2D eigenvalue weighted by Gasteiger charge is 2.46. The number of fused-ring (bicyclic) bond motifs is 1. The lowest BCUT2D eigenvalue weighted by molar-refractivity contribution is -0.140. The number of aliphatic hydroxyl groups excluding tert-OH is 1. The van der Waals surface area contributed by atoms with E-state index >= 15 is 0 Å². The van der Waals surface area contributed by atoms with E-state index in [2.05, 4.69) is 18.7 Å². The predicted molar refractivity (Wildman–Crippen MR) is 135 cm³/mol. The third kappa shape index (κ3) is 4.91. The van der Waals surface area contributed by atoms with E-state index in [0.29, 0.717) is 31.0 Å². The van der Waals surface area contributed by atoms with Gasteiger partial charge in [0.1, 0.15) is 23.4 Å². The van der Waals surface area contributed by atoms with Crippen molar-refractivity contribution in [2.24, 2.45) is 0 Å². The molecule has 1 amide bonds. The number of ether oxygens (including phenoxy) is 2. The number of amides is 1. The van der Waals surface area contributed by atoms with Gasteiger partial charge in [-0.1, -0.05) is 26.0 Å². The fourth-order valence-electron chi connectivity index (χ4n) is 4.91. The number of rotatable bonds is 9. The number of nitrogens with zero attached hydrogens (tertiary/aromatic N) is 2. The van der Waals surface area contributed by atoms with Crippen LogP contribution in [0.25, 0.3) is 5.76 Å². The quantitative estimate of drug-likeness (QED) is 0.331. The lowest BCUT2D eigenvalue weighted by Crippen LogP contribution is -2.38. The topological polar surface area (TPSA) is 79.3 Å². The zero-order valence-electron chi connectivity index (χ0n) is 20.9. The highest BCUT2D eigenvalue weighted by atomic mass is 16.5. The van der Waals surface area contributed by atoms with Gasteiger partial charge in [0.25, 0.3) is 11.7 Å². The van der Waals surface area contributed by atoms with Crippen LogP contribution in [0.5, 0.6) is 11.5 Å². The van der Waals surface area contributed by atoms with Crippen molar-refractivity contribution in [2.45, 2.75) is 46.3 Å². The smallest absolute Gasteiger partial charge is 0.295 e. The molecule has 2 aromatic rings. The molecule has 7 heteroatoms. The molecule has 0 radical (unpaired) electrons. The Kier molecular flexibility index (Phi) is 7.45. The van der Waals surface area contributed by atoms with Crippen molar-refractivity contribution < 1.29 is 24.2 Å². The van der Waals surface area contributed by atoms with Crippen LogP contribution in [0.2, 0.25) is 0 Å². The van der Waals surface area contributed by atoms with Gasteiger partial charge in [0.05, 0.1) is 18.2 Å². The Bertz CT molecular complexity index is 1140. The molecule has 2 aromatic carbocycles. The Labute approximate surface area is 206 Å². The summed E-state index contributed by atoms with van der Waals surface area (Å²) < 4.78 is 11.5. The van der Waals surface area contributed by atoms with Crippen LogP contribution in [0, 0.1) is 0 Å². The van der Waals surface area contributed by atoms with E-state index in [9.17, 15) is 14.7 Å².